The lowest BCUT2D eigenvalue weighted by atomic mass is 10.0. The first-order valence-electron chi connectivity index (χ1n) is 13.3. The van der Waals surface area contributed by atoms with Gasteiger partial charge in [-0.25, -0.2) is 0 Å². The lowest BCUT2D eigenvalue weighted by Gasteiger charge is -2.00. The van der Waals surface area contributed by atoms with Crippen LogP contribution >= 0.6 is 22.7 Å². The first-order chi connectivity index (χ1) is 19.7. The molecule has 0 bridgehead atoms. The number of hydrogen-bond acceptors (Lipinski definition) is 4. The van der Waals surface area contributed by atoms with Crippen molar-refractivity contribution in [2.45, 2.75) is 0 Å². The van der Waals surface area contributed by atoms with Crippen molar-refractivity contribution in [3.63, 3.8) is 0 Å². The van der Waals surface area contributed by atoms with Crippen molar-refractivity contribution in [3.05, 3.63) is 127 Å². The summed E-state index contributed by atoms with van der Waals surface area (Å²) in [7, 11) is 0. The molecule has 40 heavy (non-hydrogen) atoms. The van der Waals surface area contributed by atoms with Gasteiger partial charge >= 0.3 is 0 Å². The van der Waals surface area contributed by atoms with Crippen molar-refractivity contribution < 1.29 is 0 Å². The second-order valence-electron chi connectivity index (χ2n) is 10.7. The Hall–Kier alpha value is -4.64. The van der Waals surface area contributed by atoms with Crippen LogP contribution in [0.2, 0.25) is 0 Å². The molecular formula is C36H16O2S2. The molecule has 0 spiro atoms. The monoisotopic (exact) mass is 544 g/mol. The van der Waals surface area contributed by atoms with Gasteiger partial charge in [-0.1, -0.05) is 84.9 Å². The van der Waals surface area contributed by atoms with E-state index < -0.39 is 0 Å². The molecule has 0 fully saturated rings. The van der Waals surface area contributed by atoms with Crippen LogP contribution in [0.5, 0.6) is 0 Å². The van der Waals surface area contributed by atoms with Crippen molar-refractivity contribution >= 4 is 107 Å². The fourth-order valence-electron chi connectivity index (χ4n) is 7.09. The van der Waals surface area contributed by atoms with E-state index in [1.165, 1.54) is 65.8 Å². The van der Waals surface area contributed by atoms with Crippen LogP contribution in [0, 0.1) is 9.06 Å². The molecule has 0 atom stereocenters. The van der Waals surface area contributed by atoms with Crippen LogP contribution in [-0.4, -0.2) is 0 Å². The minimum Gasteiger partial charge on any atom is -0.288 e. The molecule has 184 valence electrons. The lowest BCUT2D eigenvalue weighted by Crippen LogP contribution is -2.01. The summed E-state index contributed by atoms with van der Waals surface area (Å²) in [4.78, 5) is 28.1. The Bertz CT molecular complexity index is 2710. The summed E-state index contributed by atoms with van der Waals surface area (Å²) in [5.74, 6) is 0. The molecule has 2 heterocycles. The van der Waals surface area contributed by atoms with Crippen LogP contribution in [-0.2, 0) is 0 Å². The van der Waals surface area contributed by atoms with Crippen LogP contribution in [0.4, 0.5) is 0 Å². The van der Waals surface area contributed by atoms with E-state index in [0.717, 1.165) is 30.9 Å². The van der Waals surface area contributed by atoms with Gasteiger partial charge in [0.1, 0.15) is 0 Å². The highest BCUT2D eigenvalue weighted by Crippen LogP contribution is 2.44. The lowest BCUT2D eigenvalue weighted by molar-refractivity contribution is 1.63. The molecule has 0 saturated carbocycles. The van der Waals surface area contributed by atoms with Gasteiger partial charge in [0.05, 0.1) is 9.06 Å². The quantitative estimate of drug-likeness (QED) is 0.191. The second kappa shape index (κ2) is 7.11. The molecule has 10 rings (SSSR count). The minimum atomic E-state index is -0.0424. The van der Waals surface area contributed by atoms with E-state index in [9.17, 15) is 9.59 Å². The Kier molecular flexibility index (Phi) is 3.77. The Morgan fingerprint density at radius 1 is 0.350 bits per heavy atom. The van der Waals surface area contributed by atoms with E-state index in [-0.39, 0.29) is 10.9 Å². The standard InChI is InChI=1S/C36H16O2S2/c37-31-27-15-25-19-9-3-1-7-17(19)21-11-5-13-23(29(21)25)33(27)39-35(31)36-32(38)28-16-26-20-10-4-2-8-18(20)22-12-6-14-24(30(22)26)34(28)40-36/h1-16H/b36-35+. The summed E-state index contributed by atoms with van der Waals surface area (Å²) in [5, 5.41) is 15.4. The molecule has 2 aromatic heterocycles. The molecule has 0 unspecified atom stereocenters. The van der Waals surface area contributed by atoms with Gasteiger partial charge in [0.25, 0.3) is 0 Å². The largest absolute Gasteiger partial charge is 0.288 e. The molecular weight excluding hydrogens is 529 g/mol. The molecule has 0 N–H and O–H groups in total. The summed E-state index contributed by atoms with van der Waals surface area (Å²) in [6, 6.07) is 33.6. The predicted octanol–water partition coefficient (Wildman–Crippen LogP) is 9.36. The van der Waals surface area contributed by atoms with Gasteiger partial charge < -0.3 is 0 Å². The topological polar surface area (TPSA) is 34.1 Å². The number of hydrogen-bond donors (Lipinski definition) is 0. The van der Waals surface area contributed by atoms with Gasteiger partial charge in [-0.2, -0.15) is 0 Å². The van der Waals surface area contributed by atoms with E-state index >= 15 is 0 Å². The van der Waals surface area contributed by atoms with Crippen molar-refractivity contribution in [1.82, 2.24) is 0 Å². The van der Waals surface area contributed by atoms with E-state index in [0.29, 0.717) is 19.8 Å². The zero-order valence-electron chi connectivity index (χ0n) is 20.9. The predicted molar refractivity (Wildman–Crippen MR) is 172 cm³/mol. The maximum atomic E-state index is 14.0. The van der Waals surface area contributed by atoms with E-state index in [2.05, 4.69) is 97.1 Å². The highest BCUT2D eigenvalue weighted by Gasteiger charge is 2.20. The summed E-state index contributed by atoms with van der Waals surface area (Å²) >= 11 is 2.95. The molecule has 0 saturated heterocycles. The smallest absolute Gasteiger partial charge is 0.206 e. The van der Waals surface area contributed by atoms with Gasteiger partial charge in [-0.3, -0.25) is 9.59 Å². The molecule has 0 aliphatic rings. The molecule has 2 nitrogen and oxygen atoms in total. The summed E-state index contributed by atoms with van der Waals surface area (Å²) < 4.78 is 3.05. The minimum absolute atomic E-state index is 0.0424. The Morgan fingerprint density at radius 3 is 1.12 bits per heavy atom. The van der Waals surface area contributed by atoms with Crippen LogP contribution in [0.25, 0.3) is 84.8 Å². The Balaban J connectivity index is 1.42. The average Bonchev–Trinajstić information content (AvgIpc) is 3.71. The van der Waals surface area contributed by atoms with Gasteiger partial charge in [0, 0.05) is 30.9 Å². The highest BCUT2D eigenvalue weighted by molar-refractivity contribution is 7.21. The van der Waals surface area contributed by atoms with Gasteiger partial charge in [0.15, 0.2) is 0 Å². The fraction of sp³-hybridized carbons (Fsp3) is 0. The Morgan fingerprint density at radius 2 is 0.700 bits per heavy atom. The maximum absolute atomic E-state index is 14.0. The molecule has 0 aliphatic carbocycles. The molecule has 8 aromatic carbocycles. The van der Waals surface area contributed by atoms with Crippen molar-refractivity contribution in [2.75, 3.05) is 0 Å². The molecule has 4 heteroatoms. The van der Waals surface area contributed by atoms with Crippen LogP contribution < -0.4 is 10.9 Å². The third-order valence-corrected chi connectivity index (χ3v) is 11.4. The summed E-state index contributed by atoms with van der Waals surface area (Å²) in [6.07, 6.45) is 0. The number of fused-ring (bicyclic) bond motifs is 10. The van der Waals surface area contributed by atoms with Gasteiger partial charge in [0.2, 0.25) is 10.9 Å². The third kappa shape index (κ3) is 2.37. The molecule has 0 aliphatic heterocycles. The molecule has 0 amide bonds. The number of rotatable bonds is 0. The van der Waals surface area contributed by atoms with Crippen LogP contribution in [0.15, 0.2) is 107 Å². The number of thiophene rings is 2. The highest BCUT2D eigenvalue weighted by atomic mass is 32.1. The Labute approximate surface area is 233 Å². The summed E-state index contributed by atoms with van der Waals surface area (Å²) in [6.45, 7) is 0. The third-order valence-electron chi connectivity index (χ3n) is 8.75. The first kappa shape index (κ1) is 21.2. The van der Waals surface area contributed by atoms with E-state index in [4.69, 9.17) is 0 Å². The van der Waals surface area contributed by atoms with Gasteiger partial charge in [-0.15, -0.1) is 22.7 Å². The van der Waals surface area contributed by atoms with Crippen molar-refractivity contribution in [1.29, 1.82) is 0 Å². The SMILES string of the molecule is O=c1/c(=c2\sc3c(cc4c5ccccc5c5cccc3c54)c2=O)sc2c1cc1c3ccccc3c3cccc2c31. The van der Waals surface area contributed by atoms with Crippen LogP contribution in [0.1, 0.15) is 0 Å². The average molecular weight is 545 g/mol. The molecule has 10 aromatic rings. The number of benzene rings is 6. The first-order valence-corrected chi connectivity index (χ1v) is 14.9. The molecule has 0 radical (unpaired) electrons. The van der Waals surface area contributed by atoms with Crippen molar-refractivity contribution in [2.24, 2.45) is 0 Å². The van der Waals surface area contributed by atoms with Gasteiger partial charge in [-0.05, 0) is 66.0 Å². The van der Waals surface area contributed by atoms with Crippen molar-refractivity contribution in [3.8, 4) is 0 Å². The fourth-order valence-corrected chi connectivity index (χ4v) is 9.61. The summed E-state index contributed by atoms with van der Waals surface area (Å²) in [5.41, 5.74) is -0.0847. The zero-order valence-corrected chi connectivity index (χ0v) is 22.5. The second-order valence-corrected chi connectivity index (χ2v) is 12.7. The zero-order chi connectivity index (χ0) is 26.3. The van der Waals surface area contributed by atoms with E-state index in [1.807, 2.05) is 0 Å². The maximum Gasteiger partial charge on any atom is 0.206 e. The van der Waals surface area contributed by atoms with E-state index in [1.54, 1.807) is 0 Å². The normalized spacial score (nSPS) is 13.6. The van der Waals surface area contributed by atoms with Crippen LogP contribution in [0.3, 0.4) is 0 Å².